The molecule has 0 spiro atoms. The van der Waals surface area contributed by atoms with E-state index in [1.54, 1.807) is 12.1 Å². The van der Waals surface area contributed by atoms with Gasteiger partial charge in [-0.25, -0.2) is 4.39 Å². The summed E-state index contributed by atoms with van der Waals surface area (Å²) in [5, 5.41) is 0. The van der Waals surface area contributed by atoms with Crippen molar-refractivity contribution >= 4 is 5.69 Å². The van der Waals surface area contributed by atoms with Crippen molar-refractivity contribution in [3.63, 3.8) is 0 Å². The molecule has 1 aromatic carbocycles. The minimum atomic E-state index is -0.153. The van der Waals surface area contributed by atoms with Crippen molar-refractivity contribution in [2.24, 2.45) is 0 Å². The quantitative estimate of drug-likeness (QED) is 0.630. The van der Waals surface area contributed by atoms with Crippen molar-refractivity contribution in [2.45, 2.75) is 13.3 Å². The molecule has 2 heteroatoms. The van der Waals surface area contributed by atoms with Gasteiger partial charge in [0.1, 0.15) is 11.5 Å². The zero-order valence-corrected chi connectivity index (χ0v) is 8.55. The van der Waals surface area contributed by atoms with Gasteiger partial charge >= 0.3 is 0 Å². The normalized spacial score (nSPS) is 11.7. The van der Waals surface area contributed by atoms with Crippen molar-refractivity contribution in [1.82, 2.24) is 4.48 Å². The molecule has 0 N–H and O–H groups in total. The molecule has 0 aliphatic rings. The second kappa shape index (κ2) is 3.88. The fraction of sp³-hybridized carbons (Fsp3) is 0.455. The van der Waals surface area contributed by atoms with Gasteiger partial charge in [-0.05, 0) is 18.6 Å². The number of halogens is 1. The third-order valence-corrected chi connectivity index (χ3v) is 2.29. The highest BCUT2D eigenvalue weighted by Gasteiger charge is 2.17. The molecule has 1 aromatic rings. The molecule has 0 unspecified atom stereocenters. The van der Waals surface area contributed by atoms with Crippen LogP contribution < -0.4 is 4.48 Å². The van der Waals surface area contributed by atoms with Gasteiger partial charge in [-0.3, -0.25) is 4.48 Å². The Labute approximate surface area is 79.4 Å². The van der Waals surface area contributed by atoms with Crippen LogP contribution in [0.4, 0.5) is 10.1 Å². The first-order valence-electron chi connectivity index (χ1n) is 4.65. The van der Waals surface area contributed by atoms with Crippen LogP contribution >= 0.6 is 0 Å². The Balaban J connectivity index is 2.93. The summed E-state index contributed by atoms with van der Waals surface area (Å²) in [6.07, 6.45) is 1.10. The Kier molecular flexibility index (Phi) is 3.04. The first kappa shape index (κ1) is 10.2. The van der Waals surface area contributed by atoms with Crippen molar-refractivity contribution in [3.05, 3.63) is 30.1 Å². The van der Waals surface area contributed by atoms with E-state index in [1.165, 1.54) is 6.07 Å². The van der Waals surface area contributed by atoms with Crippen molar-refractivity contribution in [1.29, 1.82) is 0 Å². The highest BCUT2D eigenvalue weighted by atomic mass is 19.1. The van der Waals surface area contributed by atoms with Gasteiger partial charge in [0, 0.05) is 6.07 Å². The third kappa shape index (κ3) is 2.52. The SMILES string of the molecule is CCC[N+](C)(C)c1cccc(F)c1. The van der Waals surface area contributed by atoms with E-state index in [1.807, 2.05) is 6.07 Å². The number of hydrogen-bond donors (Lipinski definition) is 0. The zero-order chi connectivity index (χ0) is 9.90. The van der Waals surface area contributed by atoms with Crippen LogP contribution in [0, 0.1) is 5.82 Å². The topological polar surface area (TPSA) is 0 Å². The average Bonchev–Trinajstić information content (AvgIpc) is 2.04. The van der Waals surface area contributed by atoms with Gasteiger partial charge in [-0.1, -0.05) is 13.0 Å². The van der Waals surface area contributed by atoms with Crippen LogP contribution in [0.15, 0.2) is 24.3 Å². The maximum atomic E-state index is 12.9. The first-order valence-corrected chi connectivity index (χ1v) is 4.65. The van der Waals surface area contributed by atoms with Crippen LogP contribution in [0.3, 0.4) is 0 Å². The highest BCUT2D eigenvalue weighted by molar-refractivity contribution is 5.41. The van der Waals surface area contributed by atoms with Crippen LogP contribution in [-0.2, 0) is 0 Å². The Morgan fingerprint density at radius 1 is 1.31 bits per heavy atom. The summed E-state index contributed by atoms with van der Waals surface area (Å²) in [7, 11) is 4.19. The zero-order valence-electron chi connectivity index (χ0n) is 8.55. The molecule has 0 fully saturated rings. The molecule has 0 aliphatic carbocycles. The molecule has 1 rings (SSSR count). The summed E-state index contributed by atoms with van der Waals surface area (Å²) in [6.45, 7) is 3.17. The molecule has 0 bridgehead atoms. The Hall–Kier alpha value is -0.890. The van der Waals surface area contributed by atoms with Gasteiger partial charge in [0.2, 0.25) is 0 Å². The van der Waals surface area contributed by atoms with Gasteiger partial charge in [-0.2, -0.15) is 0 Å². The smallest absolute Gasteiger partial charge is 0.135 e. The maximum Gasteiger partial charge on any atom is 0.135 e. The fourth-order valence-electron chi connectivity index (χ4n) is 1.54. The molecule has 0 saturated heterocycles. The fourth-order valence-corrected chi connectivity index (χ4v) is 1.54. The van der Waals surface area contributed by atoms with E-state index in [4.69, 9.17) is 0 Å². The summed E-state index contributed by atoms with van der Waals surface area (Å²) >= 11 is 0. The third-order valence-electron chi connectivity index (χ3n) is 2.29. The lowest BCUT2D eigenvalue weighted by Gasteiger charge is -2.28. The maximum absolute atomic E-state index is 12.9. The molecule has 0 radical (unpaired) electrons. The van der Waals surface area contributed by atoms with Gasteiger partial charge in [0.25, 0.3) is 0 Å². The van der Waals surface area contributed by atoms with E-state index in [9.17, 15) is 4.39 Å². The molecule has 13 heavy (non-hydrogen) atoms. The summed E-state index contributed by atoms with van der Waals surface area (Å²) < 4.78 is 13.7. The van der Waals surface area contributed by atoms with E-state index in [0.717, 1.165) is 23.1 Å². The number of rotatable bonds is 3. The molecule has 0 amide bonds. The Morgan fingerprint density at radius 3 is 2.54 bits per heavy atom. The molecule has 0 aliphatic heterocycles. The second-order valence-corrected chi connectivity index (χ2v) is 3.89. The summed E-state index contributed by atoms with van der Waals surface area (Å²) in [5.41, 5.74) is 1.03. The van der Waals surface area contributed by atoms with Gasteiger partial charge in [0.05, 0.1) is 20.6 Å². The van der Waals surface area contributed by atoms with Crippen molar-refractivity contribution in [2.75, 3.05) is 20.6 Å². The van der Waals surface area contributed by atoms with E-state index >= 15 is 0 Å². The molecule has 0 aromatic heterocycles. The van der Waals surface area contributed by atoms with Crippen LogP contribution in [-0.4, -0.2) is 20.6 Å². The Bertz CT molecular complexity index is 281. The lowest BCUT2D eigenvalue weighted by Crippen LogP contribution is -2.40. The van der Waals surface area contributed by atoms with Gasteiger partial charge < -0.3 is 0 Å². The van der Waals surface area contributed by atoms with E-state index in [-0.39, 0.29) is 5.82 Å². The predicted octanol–water partition coefficient (Wildman–Crippen LogP) is 2.80. The first-order chi connectivity index (χ1) is 6.06. The highest BCUT2D eigenvalue weighted by Crippen LogP contribution is 2.19. The van der Waals surface area contributed by atoms with Crippen LogP contribution in [0.25, 0.3) is 0 Å². The summed E-state index contributed by atoms with van der Waals surface area (Å²) in [4.78, 5) is 0. The standard InChI is InChI=1S/C11H17FN/c1-4-8-13(2,3)11-7-5-6-10(12)9-11/h5-7,9H,4,8H2,1-3H3/q+1. The summed E-state index contributed by atoms with van der Waals surface area (Å²) in [5.74, 6) is -0.153. The van der Waals surface area contributed by atoms with E-state index in [0.29, 0.717) is 0 Å². The van der Waals surface area contributed by atoms with Crippen LogP contribution in [0.2, 0.25) is 0 Å². The van der Waals surface area contributed by atoms with Gasteiger partial charge in [0.15, 0.2) is 0 Å². The number of quaternary nitrogens is 1. The monoisotopic (exact) mass is 182 g/mol. The van der Waals surface area contributed by atoms with Crippen LogP contribution in [0.5, 0.6) is 0 Å². The molecule has 0 saturated carbocycles. The minimum Gasteiger partial charge on any atom is -0.296 e. The largest absolute Gasteiger partial charge is 0.296 e. The number of benzene rings is 1. The molecular formula is C11H17FN+. The predicted molar refractivity (Wildman–Crippen MR) is 55.2 cm³/mol. The molecule has 0 heterocycles. The van der Waals surface area contributed by atoms with E-state index < -0.39 is 0 Å². The lowest BCUT2D eigenvalue weighted by atomic mass is 10.2. The van der Waals surface area contributed by atoms with Gasteiger partial charge in [-0.15, -0.1) is 0 Å². The Morgan fingerprint density at radius 2 is 2.00 bits per heavy atom. The average molecular weight is 182 g/mol. The van der Waals surface area contributed by atoms with Crippen LogP contribution in [0.1, 0.15) is 13.3 Å². The minimum absolute atomic E-state index is 0.153. The van der Waals surface area contributed by atoms with Crippen molar-refractivity contribution in [3.8, 4) is 0 Å². The van der Waals surface area contributed by atoms with E-state index in [2.05, 4.69) is 21.0 Å². The van der Waals surface area contributed by atoms with Crippen molar-refractivity contribution < 1.29 is 4.39 Å². The number of nitrogens with zero attached hydrogens (tertiary/aromatic N) is 1. The molecular weight excluding hydrogens is 165 g/mol. The number of hydrogen-bond acceptors (Lipinski definition) is 0. The lowest BCUT2D eigenvalue weighted by molar-refractivity contribution is 0.396. The summed E-state index contributed by atoms with van der Waals surface area (Å²) in [6, 6.07) is 6.82. The second-order valence-electron chi connectivity index (χ2n) is 3.89. The molecule has 0 atom stereocenters. The molecule has 1 nitrogen and oxygen atoms in total. The molecule has 72 valence electrons.